The van der Waals surface area contributed by atoms with Crippen molar-refractivity contribution in [2.75, 3.05) is 25.7 Å². The predicted molar refractivity (Wildman–Crippen MR) is 72.6 cm³/mol. The Labute approximate surface area is 106 Å². The maximum Gasteiger partial charge on any atom is 0.0657 e. The summed E-state index contributed by atoms with van der Waals surface area (Å²) in [6.07, 6.45) is 1.73. The standard InChI is InChI=1S/C13H21NO2S/c1-11(10-17(3)15)14-13(9-16-2)12-7-5-4-6-8-12/h4-8,11,13-14H,9-10H2,1-3H3. The summed E-state index contributed by atoms with van der Waals surface area (Å²) in [4.78, 5) is 0. The summed E-state index contributed by atoms with van der Waals surface area (Å²) in [6.45, 7) is 2.66. The molecule has 0 saturated carbocycles. The van der Waals surface area contributed by atoms with Crippen molar-refractivity contribution in [1.29, 1.82) is 0 Å². The Balaban J connectivity index is 2.63. The average Bonchev–Trinajstić information content (AvgIpc) is 2.28. The first-order valence-corrected chi connectivity index (χ1v) is 7.46. The van der Waals surface area contributed by atoms with Gasteiger partial charge >= 0.3 is 0 Å². The van der Waals surface area contributed by atoms with Gasteiger partial charge in [0.25, 0.3) is 0 Å². The van der Waals surface area contributed by atoms with Crippen LogP contribution in [0.15, 0.2) is 30.3 Å². The molecule has 0 radical (unpaired) electrons. The minimum Gasteiger partial charge on any atom is -0.383 e. The lowest BCUT2D eigenvalue weighted by atomic mass is 10.1. The van der Waals surface area contributed by atoms with Crippen LogP contribution in [0.3, 0.4) is 0 Å². The molecule has 1 aromatic carbocycles. The van der Waals surface area contributed by atoms with Gasteiger partial charge in [-0.3, -0.25) is 4.21 Å². The summed E-state index contributed by atoms with van der Waals surface area (Å²) < 4.78 is 16.4. The quantitative estimate of drug-likeness (QED) is 0.806. The van der Waals surface area contributed by atoms with Gasteiger partial charge in [-0.05, 0) is 12.5 Å². The molecule has 0 aliphatic heterocycles. The van der Waals surface area contributed by atoms with Gasteiger partial charge in [-0.25, -0.2) is 0 Å². The van der Waals surface area contributed by atoms with Crippen LogP contribution < -0.4 is 5.32 Å². The summed E-state index contributed by atoms with van der Waals surface area (Å²) in [7, 11) is 0.919. The Morgan fingerprint density at radius 1 is 1.35 bits per heavy atom. The number of benzene rings is 1. The van der Waals surface area contributed by atoms with Gasteiger partial charge in [0, 0.05) is 36.0 Å². The minimum atomic E-state index is -0.776. The van der Waals surface area contributed by atoms with Gasteiger partial charge in [0.05, 0.1) is 12.6 Å². The van der Waals surface area contributed by atoms with Crippen molar-refractivity contribution in [3.8, 4) is 0 Å². The highest BCUT2D eigenvalue weighted by Gasteiger charge is 2.14. The Hall–Kier alpha value is -0.710. The SMILES string of the molecule is COCC(NC(C)CS(C)=O)c1ccccc1. The van der Waals surface area contributed by atoms with Gasteiger partial charge in [-0.2, -0.15) is 0 Å². The molecular formula is C13H21NO2S. The summed E-state index contributed by atoms with van der Waals surface area (Å²) in [5, 5.41) is 3.45. The fourth-order valence-corrected chi connectivity index (χ4v) is 2.64. The molecule has 0 bridgehead atoms. The normalized spacial score (nSPS) is 16.4. The lowest BCUT2D eigenvalue weighted by Crippen LogP contribution is -2.36. The van der Waals surface area contributed by atoms with Crippen molar-refractivity contribution in [1.82, 2.24) is 5.32 Å². The third-order valence-electron chi connectivity index (χ3n) is 2.51. The molecule has 0 aliphatic carbocycles. The molecule has 0 spiro atoms. The average molecular weight is 255 g/mol. The first kappa shape index (κ1) is 14.4. The highest BCUT2D eigenvalue weighted by Crippen LogP contribution is 2.13. The fraction of sp³-hybridized carbons (Fsp3) is 0.538. The van der Waals surface area contributed by atoms with Crippen LogP contribution in [0.4, 0.5) is 0 Å². The van der Waals surface area contributed by atoms with Crippen LogP contribution in [0, 0.1) is 0 Å². The van der Waals surface area contributed by atoms with E-state index in [0.717, 1.165) is 0 Å². The number of methoxy groups -OCH3 is 1. The van der Waals surface area contributed by atoms with Crippen LogP contribution in [0.1, 0.15) is 18.5 Å². The number of rotatable bonds is 7. The van der Waals surface area contributed by atoms with E-state index in [1.54, 1.807) is 13.4 Å². The third-order valence-corrected chi connectivity index (χ3v) is 3.48. The van der Waals surface area contributed by atoms with E-state index in [1.165, 1.54) is 5.56 Å². The van der Waals surface area contributed by atoms with E-state index >= 15 is 0 Å². The van der Waals surface area contributed by atoms with Gasteiger partial charge < -0.3 is 10.1 Å². The zero-order valence-corrected chi connectivity index (χ0v) is 11.5. The molecule has 0 aliphatic rings. The van der Waals surface area contributed by atoms with Crippen molar-refractivity contribution >= 4 is 10.8 Å². The minimum absolute atomic E-state index is 0.153. The molecule has 1 aromatic rings. The molecule has 0 fully saturated rings. The Bertz CT molecular complexity index is 343. The lowest BCUT2D eigenvalue weighted by molar-refractivity contribution is 0.163. The van der Waals surface area contributed by atoms with Gasteiger partial charge in [0.1, 0.15) is 0 Å². The molecule has 0 amide bonds. The number of hydrogen-bond acceptors (Lipinski definition) is 3. The van der Waals surface area contributed by atoms with Crippen molar-refractivity contribution in [3.63, 3.8) is 0 Å². The van der Waals surface area contributed by atoms with Crippen LogP contribution in [0.25, 0.3) is 0 Å². The smallest absolute Gasteiger partial charge is 0.0657 e. The monoisotopic (exact) mass is 255 g/mol. The maximum absolute atomic E-state index is 11.2. The van der Waals surface area contributed by atoms with Gasteiger partial charge in [-0.1, -0.05) is 30.3 Å². The second-order valence-corrected chi connectivity index (χ2v) is 5.71. The Kier molecular flexibility index (Phi) is 6.40. The summed E-state index contributed by atoms with van der Waals surface area (Å²) >= 11 is 0. The first-order valence-electron chi connectivity index (χ1n) is 5.73. The van der Waals surface area contributed by atoms with Crippen LogP contribution >= 0.6 is 0 Å². The first-order chi connectivity index (χ1) is 8.13. The van der Waals surface area contributed by atoms with Crippen LogP contribution in [0.2, 0.25) is 0 Å². The number of ether oxygens (including phenoxy) is 1. The predicted octanol–water partition coefficient (Wildman–Crippen LogP) is 1.73. The van der Waals surface area contributed by atoms with Crippen LogP contribution in [0.5, 0.6) is 0 Å². The summed E-state index contributed by atoms with van der Waals surface area (Å²) in [6, 6.07) is 10.5. The molecule has 96 valence electrons. The molecule has 0 heterocycles. The highest BCUT2D eigenvalue weighted by molar-refractivity contribution is 7.84. The summed E-state index contributed by atoms with van der Waals surface area (Å²) in [5.74, 6) is 0.660. The molecule has 3 unspecified atom stereocenters. The molecule has 3 nitrogen and oxygen atoms in total. The van der Waals surface area contributed by atoms with Crippen molar-refractivity contribution in [3.05, 3.63) is 35.9 Å². The van der Waals surface area contributed by atoms with E-state index in [2.05, 4.69) is 17.4 Å². The molecule has 4 heteroatoms. The van der Waals surface area contributed by atoms with Crippen molar-refractivity contribution in [2.24, 2.45) is 0 Å². The zero-order chi connectivity index (χ0) is 12.7. The van der Waals surface area contributed by atoms with E-state index in [0.29, 0.717) is 12.4 Å². The van der Waals surface area contributed by atoms with E-state index in [9.17, 15) is 4.21 Å². The topological polar surface area (TPSA) is 38.3 Å². The summed E-state index contributed by atoms with van der Waals surface area (Å²) in [5.41, 5.74) is 1.20. The third kappa shape index (κ3) is 5.44. The van der Waals surface area contributed by atoms with Crippen molar-refractivity contribution < 1.29 is 8.95 Å². The Morgan fingerprint density at radius 2 is 2.00 bits per heavy atom. The van der Waals surface area contributed by atoms with E-state index in [4.69, 9.17) is 4.74 Å². The maximum atomic E-state index is 11.2. The molecule has 1 rings (SSSR count). The molecule has 0 aromatic heterocycles. The number of nitrogens with one attached hydrogen (secondary N) is 1. The van der Waals surface area contributed by atoms with Crippen molar-refractivity contribution in [2.45, 2.75) is 19.0 Å². The molecular weight excluding hydrogens is 234 g/mol. The largest absolute Gasteiger partial charge is 0.383 e. The molecule has 1 N–H and O–H groups in total. The lowest BCUT2D eigenvalue weighted by Gasteiger charge is -2.22. The second-order valence-electron chi connectivity index (χ2n) is 4.23. The van der Waals surface area contributed by atoms with E-state index < -0.39 is 10.8 Å². The van der Waals surface area contributed by atoms with E-state index in [-0.39, 0.29) is 12.1 Å². The molecule has 0 saturated heterocycles. The van der Waals surface area contributed by atoms with Gasteiger partial charge in [0.15, 0.2) is 0 Å². The van der Waals surface area contributed by atoms with Gasteiger partial charge in [-0.15, -0.1) is 0 Å². The fourth-order valence-electron chi connectivity index (χ4n) is 1.84. The zero-order valence-electron chi connectivity index (χ0n) is 10.7. The highest BCUT2D eigenvalue weighted by atomic mass is 32.2. The Morgan fingerprint density at radius 3 is 2.53 bits per heavy atom. The van der Waals surface area contributed by atoms with Crippen LogP contribution in [-0.4, -0.2) is 36.0 Å². The van der Waals surface area contributed by atoms with Gasteiger partial charge in [0.2, 0.25) is 0 Å². The second kappa shape index (κ2) is 7.58. The molecule has 17 heavy (non-hydrogen) atoms. The van der Waals surface area contributed by atoms with Crippen LogP contribution in [-0.2, 0) is 15.5 Å². The van der Waals surface area contributed by atoms with E-state index in [1.807, 2.05) is 25.1 Å². The number of hydrogen-bond donors (Lipinski definition) is 1. The molecule has 3 atom stereocenters.